The van der Waals surface area contributed by atoms with E-state index in [0.717, 1.165) is 5.75 Å². The van der Waals surface area contributed by atoms with Gasteiger partial charge in [0.25, 0.3) is 0 Å². The lowest BCUT2D eigenvalue weighted by molar-refractivity contribution is 0.408. The normalized spacial score (nSPS) is 19.2. The maximum Gasteiger partial charge on any atom is 0.118 e. The van der Waals surface area contributed by atoms with Crippen LogP contribution >= 0.6 is 0 Å². The zero-order valence-corrected chi connectivity index (χ0v) is 11.6. The van der Waals surface area contributed by atoms with Gasteiger partial charge in [-0.2, -0.15) is 0 Å². The van der Waals surface area contributed by atoms with Crippen molar-refractivity contribution in [2.45, 2.75) is 57.5 Å². The lowest BCUT2D eigenvalue weighted by Crippen LogP contribution is -2.30. The molecule has 18 heavy (non-hydrogen) atoms. The predicted molar refractivity (Wildman–Crippen MR) is 76.0 cm³/mol. The summed E-state index contributed by atoms with van der Waals surface area (Å²) in [4.78, 5) is 0. The Morgan fingerprint density at radius 3 is 2.22 bits per heavy atom. The van der Waals surface area contributed by atoms with Crippen LogP contribution in [0.4, 0.5) is 0 Å². The molecule has 1 aromatic carbocycles. The predicted octanol–water partition coefficient (Wildman–Crippen LogP) is 4.07. The lowest BCUT2D eigenvalue weighted by atomic mass is 10.0. The Bertz CT molecular complexity index is 339. The van der Waals surface area contributed by atoms with Crippen LogP contribution in [0.3, 0.4) is 0 Å². The van der Waals surface area contributed by atoms with Crippen LogP contribution in [0.2, 0.25) is 0 Å². The van der Waals surface area contributed by atoms with Crippen molar-refractivity contribution in [3.8, 4) is 5.75 Å². The van der Waals surface area contributed by atoms with Gasteiger partial charge in [-0.1, -0.05) is 37.8 Å². The first-order valence-electron chi connectivity index (χ1n) is 7.19. The van der Waals surface area contributed by atoms with E-state index in [9.17, 15) is 0 Å². The van der Waals surface area contributed by atoms with Crippen LogP contribution in [0.25, 0.3) is 0 Å². The van der Waals surface area contributed by atoms with Crippen molar-refractivity contribution in [3.63, 3.8) is 0 Å². The molecule has 0 amide bonds. The van der Waals surface area contributed by atoms with Crippen LogP contribution in [0, 0.1) is 0 Å². The maximum atomic E-state index is 5.20. The molecule has 1 aromatic rings. The first-order chi connectivity index (χ1) is 8.79. The summed E-state index contributed by atoms with van der Waals surface area (Å²) in [6.07, 6.45) is 8.26. The molecule has 0 aliphatic heterocycles. The van der Waals surface area contributed by atoms with Gasteiger partial charge in [0.15, 0.2) is 0 Å². The fourth-order valence-corrected chi connectivity index (χ4v) is 2.79. The third kappa shape index (κ3) is 3.74. The van der Waals surface area contributed by atoms with Crippen molar-refractivity contribution in [2.24, 2.45) is 0 Å². The smallest absolute Gasteiger partial charge is 0.118 e. The Hall–Kier alpha value is -1.02. The summed E-state index contributed by atoms with van der Waals surface area (Å²) in [6, 6.07) is 9.53. The number of hydrogen-bond acceptors (Lipinski definition) is 2. The standard InChI is InChI=1S/C16H25NO/c1-13(14-9-11-16(18-2)12-10-14)17-15-7-5-3-4-6-8-15/h9-13,15,17H,3-8H2,1-2H3. The molecule has 2 heteroatoms. The number of rotatable bonds is 4. The van der Waals surface area contributed by atoms with Gasteiger partial charge in [0.05, 0.1) is 7.11 Å². The molecule has 1 N–H and O–H groups in total. The Labute approximate surface area is 111 Å². The summed E-state index contributed by atoms with van der Waals surface area (Å²) in [7, 11) is 1.71. The number of hydrogen-bond donors (Lipinski definition) is 1. The minimum Gasteiger partial charge on any atom is -0.497 e. The van der Waals surface area contributed by atoms with Gasteiger partial charge in [-0.05, 0) is 37.5 Å². The van der Waals surface area contributed by atoms with Crippen molar-refractivity contribution in [3.05, 3.63) is 29.8 Å². The van der Waals surface area contributed by atoms with E-state index in [0.29, 0.717) is 12.1 Å². The maximum absolute atomic E-state index is 5.20. The van der Waals surface area contributed by atoms with E-state index < -0.39 is 0 Å². The van der Waals surface area contributed by atoms with Gasteiger partial charge in [-0.3, -0.25) is 0 Å². The molecule has 1 unspecified atom stereocenters. The number of methoxy groups -OCH3 is 1. The molecule has 1 atom stereocenters. The van der Waals surface area contributed by atoms with E-state index in [2.05, 4.69) is 24.4 Å². The van der Waals surface area contributed by atoms with Crippen LogP contribution < -0.4 is 10.1 Å². The summed E-state index contributed by atoms with van der Waals surface area (Å²) in [5.41, 5.74) is 1.35. The molecule has 0 bridgehead atoms. The highest BCUT2D eigenvalue weighted by molar-refractivity contribution is 5.28. The highest BCUT2D eigenvalue weighted by Gasteiger charge is 2.15. The van der Waals surface area contributed by atoms with Crippen LogP contribution in [-0.4, -0.2) is 13.2 Å². The van der Waals surface area contributed by atoms with Crippen LogP contribution in [0.1, 0.15) is 57.1 Å². The Balaban J connectivity index is 1.90. The van der Waals surface area contributed by atoms with E-state index >= 15 is 0 Å². The molecule has 1 saturated carbocycles. The fraction of sp³-hybridized carbons (Fsp3) is 0.625. The third-order valence-corrected chi connectivity index (χ3v) is 3.96. The van der Waals surface area contributed by atoms with Crippen molar-refractivity contribution in [2.75, 3.05) is 7.11 Å². The van der Waals surface area contributed by atoms with E-state index in [1.54, 1.807) is 7.11 Å². The molecule has 0 heterocycles. The monoisotopic (exact) mass is 247 g/mol. The number of nitrogens with one attached hydrogen (secondary N) is 1. The second-order valence-corrected chi connectivity index (χ2v) is 5.35. The first kappa shape index (κ1) is 13.4. The average molecular weight is 247 g/mol. The molecule has 0 spiro atoms. The van der Waals surface area contributed by atoms with Crippen molar-refractivity contribution in [1.29, 1.82) is 0 Å². The van der Waals surface area contributed by atoms with Gasteiger partial charge in [-0.15, -0.1) is 0 Å². The summed E-state index contributed by atoms with van der Waals surface area (Å²) in [5, 5.41) is 3.77. The fourth-order valence-electron chi connectivity index (χ4n) is 2.79. The Morgan fingerprint density at radius 1 is 1.06 bits per heavy atom. The second-order valence-electron chi connectivity index (χ2n) is 5.35. The summed E-state index contributed by atoms with van der Waals surface area (Å²) >= 11 is 0. The van der Waals surface area contributed by atoms with Crippen molar-refractivity contribution >= 4 is 0 Å². The average Bonchev–Trinajstić information content (AvgIpc) is 2.67. The topological polar surface area (TPSA) is 21.3 Å². The molecule has 100 valence electrons. The largest absolute Gasteiger partial charge is 0.497 e. The second kappa shape index (κ2) is 6.79. The van der Waals surface area contributed by atoms with Crippen LogP contribution in [-0.2, 0) is 0 Å². The minimum atomic E-state index is 0.430. The van der Waals surface area contributed by atoms with Gasteiger partial charge >= 0.3 is 0 Å². The molecule has 0 radical (unpaired) electrons. The van der Waals surface area contributed by atoms with Gasteiger partial charge in [0.1, 0.15) is 5.75 Å². The van der Waals surface area contributed by atoms with E-state index in [4.69, 9.17) is 4.74 Å². The molecular formula is C16H25NO. The quantitative estimate of drug-likeness (QED) is 0.810. The van der Waals surface area contributed by atoms with Crippen LogP contribution in [0.5, 0.6) is 5.75 Å². The van der Waals surface area contributed by atoms with Gasteiger partial charge in [0.2, 0.25) is 0 Å². The summed E-state index contributed by atoms with van der Waals surface area (Å²) in [6.45, 7) is 2.26. The summed E-state index contributed by atoms with van der Waals surface area (Å²) in [5.74, 6) is 0.931. The Morgan fingerprint density at radius 2 is 1.67 bits per heavy atom. The number of ether oxygens (including phenoxy) is 1. The van der Waals surface area contributed by atoms with E-state index in [1.165, 1.54) is 44.1 Å². The SMILES string of the molecule is COc1ccc(C(C)NC2CCCCCC2)cc1. The highest BCUT2D eigenvalue weighted by atomic mass is 16.5. The molecule has 1 fully saturated rings. The zero-order valence-electron chi connectivity index (χ0n) is 11.6. The number of benzene rings is 1. The molecule has 1 aliphatic carbocycles. The summed E-state index contributed by atoms with van der Waals surface area (Å²) < 4.78 is 5.20. The minimum absolute atomic E-state index is 0.430. The van der Waals surface area contributed by atoms with E-state index in [-0.39, 0.29) is 0 Å². The first-order valence-corrected chi connectivity index (χ1v) is 7.19. The van der Waals surface area contributed by atoms with Crippen molar-refractivity contribution in [1.82, 2.24) is 5.32 Å². The third-order valence-electron chi connectivity index (χ3n) is 3.96. The zero-order chi connectivity index (χ0) is 12.8. The van der Waals surface area contributed by atoms with Crippen molar-refractivity contribution < 1.29 is 4.74 Å². The Kier molecular flexibility index (Phi) is 5.06. The highest BCUT2D eigenvalue weighted by Crippen LogP contribution is 2.22. The molecule has 0 saturated heterocycles. The van der Waals surface area contributed by atoms with Gasteiger partial charge in [0, 0.05) is 12.1 Å². The van der Waals surface area contributed by atoms with E-state index in [1.807, 2.05) is 12.1 Å². The van der Waals surface area contributed by atoms with Gasteiger partial charge < -0.3 is 10.1 Å². The van der Waals surface area contributed by atoms with Gasteiger partial charge in [-0.25, -0.2) is 0 Å². The molecule has 0 aromatic heterocycles. The molecular weight excluding hydrogens is 222 g/mol. The molecule has 1 aliphatic rings. The lowest BCUT2D eigenvalue weighted by Gasteiger charge is -2.22. The molecule has 2 nitrogen and oxygen atoms in total. The molecule has 2 rings (SSSR count). The van der Waals surface area contributed by atoms with Crippen LogP contribution in [0.15, 0.2) is 24.3 Å².